The molecule has 266 valence electrons. The number of para-hydroxylation sites is 2. The highest BCUT2D eigenvalue weighted by Crippen LogP contribution is 2.39. The van der Waals surface area contributed by atoms with Crippen molar-refractivity contribution in [2.45, 2.75) is 0 Å². The van der Waals surface area contributed by atoms with Gasteiger partial charge in [-0.1, -0.05) is 182 Å². The fourth-order valence-electron chi connectivity index (χ4n) is 8.05. The molecule has 57 heavy (non-hydrogen) atoms. The first-order chi connectivity index (χ1) is 30.3. The zero-order chi connectivity index (χ0) is 42.1. The third kappa shape index (κ3) is 5.74. The minimum absolute atomic E-state index is 0.178. The molecule has 0 N–H and O–H groups in total. The Morgan fingerprint density at radius 3 is 1.67 bits per heavy atom. The van der Waals surface area contributed by atoms with E-state index < -0.39 is 6.04 Å². The van der Waals surface area contributed by atoms with E-state index in [2.05, 4.69) is 126 Å². The van der Waals surface area contributed by atoms with Gasteiger partial charge < -0.3 is 0 Å². The fourth-order valence-corrected chi connectivity index (χ4v) is 8.05. The number of rotatable bonds is 6. The Morgan fingerprint density at radius 2 is 0.930 bits per heavy atom. The molecule has 11 aromatic rings. The van der Waals surface area contributed by atoms with Crippen molar-refractivity contribution in [3.8, 4) is 62.1 Å². The molecule has 0 atom stereocenters. The van der Waals surface area contributed by atoms with Gasteiger partial charge in [0.25, 0.3) is 0 Å². The summed E-state index contributed by atoms with van der Waals surface area (Å²) in [5.74, 6) is 1.66. The van der Waals surface area contributed by atoms with Crippen molar-refractivity contribution in [1.29, 1.82) is 0 Å². The second kappa shape index (κ2) is 13.6. The van der Waals surface area contributed by atoms with Crippen LogP contribution in [-0.2, 0) is 0 Å². The molecule has 0 saturated carbocycles. The number of nitrogens with zero attached hydrogens (tertiary/aromatic N) is 4. The quantitative estimate of drug-likeness (QED) is 0.171. The van der Waals surface area contributed by atoms with Gasteiger partial charge in [0.1, 0.15) is 0 Å². The number of hydrogen-bond acceptors (Lipinski definition) is 3. The van der Waals surface area contributed by atoms with E-state index >= 15 is 0 Å². The molecule has 0 saturated heterocycles. The van der Waals surface area contributed by atoms with Gasteiger partial charge in [-0.3, -0.25) is 4.57 Å². The van der Waals surface area contributed by atoms with E-state index in [-0.39, 0.29) is 29.7 Å². The highest BCUT2D eigenvalue weighted by atomic mass is 15.2. The summed E-state index contributed by atoms with van der Waals surface area (Å²) < 4.78 is 44.0. The Labute approximate surface area is 337 Å². The molecule has 11 rings (SSSR count). The van der Waals surface area contributed by atoms with Crippen molar-refractivity contribution in [2.75, 3.05) is 0 Å². The molecule has 4 heteroatoms. The highest BCUT2D eigenvalue weighted by molar-refractivity contribution is 6.09. The molecule has 0 aliphatic rings. The number of hydrogen-bond donors (Lipinski definition) is 0. The number of benzene rings is 9. The van der Waals surface area contributed by atoms with E-state index in [4.69, 9.17) is 21.8 Å². The van der Waals surface area contributed by atoms with E-state index in [1.54, 1.807) is 6.07 Å². The molecule has 0 fully saturated rings. The lowest BCUT2D eigenvalue weighted by Crippen LogP contribution is -2.06. The molecule has 0 amide bonds. The minimum Gasteiger partial charge on any atom is -0.278 e. The third-order valence-electron chi connectivity index (χ3n) is 10.7. The molecular weight excluding hydrogens is 693 g/mol. The van der Waals surface area contributed by atoms with Crippen molar-refractivity contribution < 1.29 is 6.85 Å². The van der Waals surface area contributed by atoms with Crippen LogP contribution in [0.3, 0.4) is 0 Å². The Kier molecular flexibility index (Phi) is 6.62. The normalized spacial score (nSPS) is 12.7. The maximum Gasteiger partial charge on any atom is 0.238 e. The predicted octanol–water partition coefficient (Wildman–Crippen LogP) is 13.6. The summed E-state index contributed by atoms with van der Waals surface area (Å²) in [4.78, 5) is 15.5. The smallest absolute Gasteiger partial charge is 0.238 e. The van der Waals surface area contributed by atoms with Crippen LogP contribution < -0.4 is 0 Å². The Morgan fingerprint density at radius 1 is 0.368 bits per heavy atom. The molecule has 2 aromatic heterocycles. The van der Waals surface area contributed by atoms with E-state index in [0.29, 0.717) is 23.2 Å². The first kappa shape index (κ1) is 27.8. The number of aromatic nitrogens is 4. The summed E-state index contributed by atoms with van der Waals surface area (Å²) in [5, 5.41) is 6.57. The van der Waals surface area contributed by atoms with Gasteiger partial charge in [0.2, 0.25) is 5.95 Å². The summed E-state index contributed by atoms with van der Waals surface area (Å²) in [6.07, 6.45) is 0. The lowest BCUT2D eigenvalue weighted by Gasteiger charge is -2.14. The van der Waals surface area contributed by atoms with Crippen LogP contribution in [0.5, 0.6) is 0 Å². The van der Waals surface area contributed by atoms with Crippen LogP contribution in [0.4, 0.5) is 0 Å². The summed E-state index contributed by atoms with van der Waals surface area (Å²) in [6, 6.07) is 58.0. The first-order valence-corrected chi connectivity index (χ1v) is 18.9. The largest absolute Gasteiger partial charge is 0.278 e. The highest BCUT2D eigenvalue weighted by Gasteiger charge is 2.18. The van der Waals surface area contributed by atoms with Crippen LogP contribution in [-0.4, -0.2) is 19.5 Å². The van der Waals surface area contributed by atoms with Crippen LogP contribution in [0.1, 0.15) is 6.85 Å². The minimum atomic E-state index is -0.408. The topological polar surface area (TPSA) is 43.6 Å². The van der Waals surface area contributed by atoms with Gasteiger partial charge in [0.15, 0.2) is 11.6 Å². The molecule has 0 bridgehead atoms. The summed E-state index contributed by atoms with van der Waals surface area (Å²) in [5.41, 5.74) is 8.34. The Balaban J connectivity index is 1.05. The second-order valence-electron chi connectivity index (χ2n) is 14.1. The standard InChI is InChI=1S/C53H34N4/c1-2-13-35(14-3-1)41-19-10-20-42(33-41)45-24-12-18-38-17-11-23-44(50(38)45)37-28-30-39(31-29-37)51-54-52(43-32-27-36-15-4-5-16-40(36)34-43)56-53(55-51)57-48-25-8-6-21-46(48)47-22-7-9-26-49(47)57/h1-34H/i1D,2D,3D,13D,14D. The van der Waals surface area contributed by atoms with E-state index in [1.165, 1.54) is 0 Å². The van der Waals surface area contributed by atoms with Crippen molar-refractivity contribution in [3.05, 3.63) is 206 Å². The van der Waals surface area contributed by atoms with E-state index in [1.807, 2.05) is 48.5 Å². The monoisotopic (exact) mass is 731 g/mol. The van der Waals surface area contributed by atoms with Gasteiger partial charge in [-0.15, -0.1) is 0 Å². The van der Waals surface area contributed by atoms with Gasteiger partial charge in [-0.25, -0.2) is 4.98 Å². The molecule has 0 spiro atoms. The Bertz CT molecular complexity index is 3510. The first-order valence-electron chi connectivity index (χ1n) is 21.4. The summed E-state index contributed by atoms with van der Waals surface area (Å²) in [6.45, 7) is 0. The zero-order valence-corrected chi connectivity index (χ0v) is 30.5. The van der Waals surface area contributed by atoms with Crippen LogP contribution in [0, 0.1) is 0 Å². The molecule has 0 aliphatic carbocycles. The number of fused-ring (bicyclic) bond motifs is 5. The molecule has 0 unspecified atom stereocenters. The van der Waals surface area contributed by atoms with Crippen LogP contribution in [0.25, 0.3) is 105 Å². The van der Waals surface area contributed by atoms with Gasteiger partial charge in [0, 0.05) is 21.9 Å². The van der Waals surface area contributed by atoms with Gasteiger partial charge >= 0.3 is 0 Å². The van der Waals surface area contributed by atoms with Crippen LogP contribution in [0.2, 0.25) is 0 Å². The molecule has 0 radical (unpaired) electrons. The van der Waals surface area contributed by atoms with Gasteiger partial charge in [-0.05, 0) is 79.2 Å². The average molecular weight is 732 g/mol. The fraction of sp³-hybridized carbons (Fsp3) is 0. The van der Waals surface area contributed by atoms with Crippen molar-refractivity contribution in [1.82, 2.24) is 19.5 Å². The molecular formula is C53H34N4. The van der Waals surface area contributed by atoms with Gasteiger partial charge in [0.05, 0.1) is 17.9 Å². The molecule has 0 aliphatic heterocycles. The summed E-state index contributed by atoms with van der Waals surface area (Å²) >= 11 is 0. The average Bonchev–Trinajstić information content (AvgIpc) is 3.67. The molecule has 2 heterocycles. The van der Waals surface area contributed by atoms with Crippen molar-refractivity contribution in [2.24, 2.45) is 0 Å². The van der Waals surface area contributed by atoms with Crippen molar-refractivity contribution in [3.63, 3.8) is 0 Å². The van der Waals surface area contributed by atoms with Crippen LogP contribution >= 0.6 is 0 Å². The maximum atomic E-state index is 8.62. The summed E-state index contributed by atoms with van der Waals surface area (Å²) in [7, 11) is 0. The third-order valence-corrected chi connectivity index (χ3v) is 10.7. The molecule has 9 aromatic carbocycles. The van der Waals surface area contributed by atoms with Crippen LogP contribution in [0.15, 0.2) is 206 Å². The van der Waals surface area contributed by atoms with Crippen molar-refractivity contribution >= 4 is 43.4 Å². The van der Waals surface area contributed by atoms with Gasteiger partial charge in [-0.2, -0.15) is 9.97 Å². The SMILES string of the molecule is [2H]c1c([2H])c([2H])c(-c2cccc(-c3cccc4cccc(-c5ccc(-c6nc(-c7ccc8ccccc8c7)nc(-n7c8ccccc8c8ccccc87)n6)cc5)c34)c2)c([2H])c1[2H]. The molecule has 4 nitrogen and oxygen atoms in total. The lowest BCUT2D eigenvalue weighted by atomic mass is 9.90. The Hall–Kier alpha value is -7.69. The zero-order valence-electron chi connectivity index (χ0n) is 35.5. The van der Waals surface area contributed by atoms with E-state index in [0.717, 1.165) is 76.7 Å². The predicted molar refractivity (Wildman–Crippen MR) is 236 cm³/mol. The second-order valence-corrected chi connectivity index (χ2v) is 14.1. The lowest BCUT2D eigenvalue weighted by molar-refractivity contribution is 0.953. The van der Waals surface area contributed by atoms with E-state index in [9.17, 15) is 0 Å². The maximum absolute atomic E-state index is 8.62.